The van der Waals surface area contributed by atoms with Crippen LogP contribution in [-0.2, 0) is 22.6 Å². The summed E-state index contributed by atoms with van der Waals surface area (Å²) < 4.78 is 0. The van der Waals surface area contributed by atoms with E-state index in [1.165, 1.54) is 4.90 Å². The van der Waals surface area contributed by atoms with Crippen LogP contribution in [0, 0.1) is 0 Å². The SMILES string of the molecule is CCNC(=O)C(C)N(Cc1ccc(Cl)cc1Cl)C(=O)Cc1ccc(Cl)c(Cl)c1. The molecule has 0 aliphatic rings. The maximum Gasteiger partial charge on any atom is 0.242 e. The van der Waals surface area contributed by atoms with Crippen LogP contribution in [0.4, 0.5) is 0 Å². The van der Waals surface area contributed by atoms with E-state index in [2.05, 4.69) is 5.32 Å². The minimum absolute atomic E-state index is 0.0752. The average Bonchev–Trinajstić information content (AvgIpc) is 2.63. The van der Waals surface area contributed by atoms with Crippen molar-refractivity contribution < 1.29 is 9.59 Å². The maximum absolute atomic E-state index is 13.0. The number of halogens is 4. The third-order valence-electron chi connectivity index (χ3n) is 4.21. The highest BCUT2D eigenvalue weighted by molar-refractivity contribution is 6.42. The first-order chi connectivity index (χ1) is 13.2. The van der Waals surface area contributed by atoms with Gasteiger partial charge in [0, 0.05) is 23.1 Å². The van der Waals surface area contributed by atoms with E-state index in [0.717, 1.165) is 0 Å². The molecule has 2 aromatic rings. The third kappa shape index (κ3) is 6.02. The molecule has 8 heteroatoms. The van der Waals surface area contributed by atoms with Crippen LogP contribution in [0.5, 0.6) is 0 Å². The molecule has 1 unspecified atom stereocenters. The Morgan fingerprint density at radius 3 is 2.32 bits per heavy atom. The molecule has 1 atom stereocenters. The van der Waals surface area contributed by atoms with E-state index in [1.807, 2.05) is 6.92 Å². The number of amides is 2. The molecule has 0 bridgehead atoms. The number of nitrogens with zero attached hydrogens (tertiary/aromatic N) is 1. The average molecular weight is 462 g/mol. The fourth-order valence-corrected chi connectivity index (χ4v) is 3.45. The van der Waals surface area contributed by atoms with E-state index in [9.17, 15) is 9.59 Å². The maximum atomic E-state index is 13.0. The standard InChI is InChI=1S/C20H20Cl4N2O2/c1-3-25-20(28)12(2)26(11-14-5-6-15(21)10-17(14)23)19(27)9-13-4-7-16(22)18(24)8-13/h4-8,10,12H,3,9,11H2,1-2H3,(H,25,28). The van der Waals surface area contributed by atoms with Crippen molar-refractivity contribution in [2.45, 2.75) is 32.9 Å². The van der Waals surface area contributed by atoms with Crippen molar-refractivity contribution in [1.29, 1.82) is 0 Å². The van der Waals surface area contributed by atoms with Gasteiger partial charge in [-0.05, 0) is 49.2 Å². The van der Waals surface area contributed by atoms with Crippen LogP contribution >= 0.6 is 46.4 Å². The number of carbonyl (C=O) groups is 2. The Kier molecular flexibility index (Phi) is 8.44. The van der Waals surface area contributed by atoms with E-state index in [1.54, 1.807) is 43.3 Å². The van der Waals surface area contributed by atoms with Crippen molar-refractivity contribution in [2.75, 3.05) is 6.54 Å². The highest BCUT2D eigenvalue weighted by atomic mass is 35.5. The van der Waals surface area contributed by atoms with Gasteiger partial charge in [-0.3, -0.25) is 9.59 Å². The van der Waals surface area contributed by atoms with Gasteiger partial charge in [0.15, 0.2) is 0 Å². The van der Waals surface area contributed by atoms with Gasteiger partial charge >= 0.3 is 0 Å². The summed E-state index contributed by atoms with van der Waals surface area (Å²) in [7, 11) is 0. The Bertz CT molecular complexity index is 873. The molecule has 0 saturated heterocycles. The zero-order valence-corrected chi connectivity index (χ0v) is 18.5. The van der Waals surface area contributed by atoms with E-state index in [4.69, 9.17) is 46.4 Å². The first kappa shape index (κ1) is 22.8. The largest absolute Gasteiger partial charge is 0.355 e. The summed E-state index contributed by atoms with van der Waals surface area (Å²) in [4.78, 5) is 26.9. The first-order valence-electron chi connectivity index (χ1n) is 8.68. The summed E-state index contributed by atoms with van der Waals surface area (Å²) in [5.41, 5.74) is 1.40. The second-order valence-corrected chi connectivity index (χ2v) is 7.91. The molecule has 0 heterocycles. The number of hydrogen-bond donors (Lipinski definition) is 1. The van der Waals surface area contributed by atoms with Gasteiger partial charge in [0.2, 0.25) is 11.8 Å². The zero-order chi connectivity index (χ0) is 20.8. The van der Waals surface area contributed by atoms with Gasteiger partial charge in [-0.25, -0.2) is 0 Å². The smallest absolute Gasteiger partial charge is 0.242 e. The van der Waals surface area contributed by atoms with E-state index in [-0.39, 0.29) is 24.8 Å². The summed E-state index contributed by atoms with van der Waals surface area (Å²) in [6.07, 6.45) is 0.0752. The second-order valence-electron chi connectivity index (χ2n) is 6.25. The molecule has 0 aliphatic heterocycles. The molecule has 0 aliphatic carbocycles. The summed E-state index contributed by atoms with van der Waals surface area (Å²) in [5, 5.41) is 4.46. The molecule has 0 saturated carbocycles. The molecular formula is C20H20Cl4N2O2. The number of hydrogen-bond acceptors (Lipinski definition) is 2. The molecule has 2 rings (SSSR count). The number of benzene rings is 2. The van der Waals surface area contributed by atoms with Gasteiger partial charge in [-0.2, -0.15) is 0 Å². The van der Waals surface area contributed by atoms with Gasteiger partial charge in [0.1, 0.15) is 6.04 Å². The van der Waals surface area contributed by atoms with Crippen LogP contribution in [0.15, 0.2) is 36.4 Å². The quantitative estimate of drug-likeness (QED) is 0.600. The fourth-order valence-electron chi connectivity index (χ4n) is 2.66. The van der Waals surface area contributed by atoms with E-state index in [0.29, 0.717) is 37.8 Å². The molecular weight excluding hydrogens is 442 g/mol. The van der Waals surface area contributed by atoms with Crippen molar-refractivity contribution in [3.63, 3.8) is 0 Å². The number of carbonyl (C=O) groups excluding carboxylic acids is 2. The van der Waals surface area contributed by atoms with Crippen molar-refractivity contribution >= 4 is 58.2 Å². The Labute approximate surface area is 184 Å². The molecule has 0 fully saturated rings. The lowest BCUT2D eigenvalue weighted by Crippen LogP contribution is -2.48. The van der Waals surface area contributed by atoms with Gasteiger partial charge in [0.25, 0.3) is 0 Å². The summed E-state index contributed by atoms with van der Waals surface area (Å²) >= 11 is 24.2. The molecule has 2 amide bonds. The molecule has 4 nitrogen and oxygen atoms in total. The van der Waals surface area contributed by atoms with Crippen molar-refractivity contribution in [3.8, 4) is 0 Å². The molecule has 0 spiro atoms. The van der Waals surface area contributed by atoms with Crippen molar-refractivity contribution in [2.24, 2.45) is 0 Å². The van der Waals surface area contributed by atoms with Crippen molar-refractivity contribution in [1.82, 2.24) is 10.2 Å². The zero-order valence-electron chi connectivity index (χ0n) is 15.4. The highest BCUT2D eigenvalue weighted by Crippen LogP contribution is 2.25. The number of likely N-dealkylation sites (N-methyl/N-ethyl adjacent to an activating group) is 1. The van der Waals surface area contributed by atoms with Crippen LogP contribution in [0.2, 0.25) is 20.1 Å². The van der Waals surface area contributed by atoms with Gasteiger partial charge in [-0.15, -0.1) is 0 Å². The molecule has 150 valence electrons. The predicted octanol–water partition coefficient (Wildman–Crippen LogP) is 5.40. The van der Waals surface area contributed by atoms with Crippen LogP contribution in [0.3, 0.4) is 0 Å². The second kappa shape index (κ2) is 10.4. The van der Waals surface area contributed by atoms with Gasteiger partial charge in [-0.1, -0.05) is 58.5 Å². The van der Waals surface area contributed by atoms with E-state index >= 15 is 0 Å². The number of nitrogens with one attached hydrogen (secondary N) is 1. The van der Waals surface area contributed by atoms with Crippen LogP contribution in [-0.4, -0.2) is 29.3 Å². The predicted molar refractivity (Wildman–Crippen MR) is 115 cm³/mol. The summed E-state index contributed by atoms with van der Waals surface area (Å²) in [6.45, 7) is 4.15. The Morgan fingerprint density at radius 2 is 1.71 bits per heavy atom. The molecule has 2 aromatic carbocycles. The lowest BCUT2D eigenvalue weighted by Gasteiger charge is -2.29. The van der Waals surface area contributed by atoms with Crippen LogP contribution in [0.1, 0.15) is 25.0 Å². The third-order valence-corrected chi connectivity index (χ3v) is 5.54. The molecule has 0 aromatic heterocycles. The number of rotatable bonds is 7. The normalized spacial score (nSPS) is 11.8. The lowest BCUT2D eigenvalue weighted by molar-refractivity contribution is -0.140. The minimum atomic E-state index is -0.679. The monoisotopic (exact) mass is 460 g/mol. The van der Waals surface area contributed by atoms with Crippen LogP contribution in [0.25, 0.3) is 0 Å². The highest BCUT2D eigenvalue weighted by Gasteiger charge is 2.26. The Hall–Kier alpha value is -1.46. The molecule has 1 N–H and O–H groups in total. The van der Waals surface area contributed by atoms with Crippen molar-refractivity contribution in [3.05, 3.63) is 67.6 Å². The topological polar surface area (TPSA) is 49.4 Å². The molecule has 28 heavy (non-hydrogen) atoms. The fraction of sp³-hybridized carbons (Fsp3) is 0.300. The molecule has 0 radical (unpaired) electrons. The van der Waals surface area contributed by atoms with Gasteiger partial charge in [0.05, 0.1) is 16.5 Å². The summed E-state index contributed by atoms with van der Waals surface area (Å²) in [5.74, 6) is -0.474. The Morgan fingerprint density at radius 1 is 1.00 bits per heavy atom. The van der Waals surface area contributed by atoms with Crippen LogP contribution < -0.4 is 5.32 Å². The van der Waals surface area contributed by atoms with Gasteiger partial charge < -0.3 is 10.2 Å². The summed E-state index contributed by atoms with van der Waals surface area (Å²) in [6, 6.07) is 9.39. The first-order valence-corrected chi connectivity index (χ1v) is 10.2. The minimum Gasteiger partial charge on any atom is -0.355 e. The Balaban J connectivity index is 2.29. The lowest BCUT2D eigenvalue weighted by atomic mass is 10.1. The van der Waals surface area contributed by atoms with E-state index < -0.39 is 6.04 Å².